The van der Waals surface area contributed by atoms with E-state index in [1.54, 1.807) is 11.3 Å². The highest BCUT2D eigenvalue weighted by Gasteiger charge is 2.13. The summed E-state index contributed by atoms with van der Waals surface area (Å²) in [6.07, 6.45) is 0. The van der Waals surface area contributed by atoms with E-state index in [-0.39, 0.29) is 6.03 Å². The van der Waals surface area contributed by atoms with Gasteiger partial charge >= 0.3 is 6.03 Å². The van der Waals surface area contributed by atoms with Crippen molar-refractivity contribution >= 4 is 70.8 Å². The van der Waals surface area contributed by atoms with Crippen molar-refractivity contribution in [2.45, 2.75) is 26.7 Å². The van der Waals surface area contributed by atoms with Gasteiger partial charge in [0, 0.05) is 20.2 Å². The molecule has 0 bridgehead atoms. The Labute approximate surface area is 202 Å². The quantitative estimate of drug-likeness (QED) is 0.263. The molecule has 4 rings (SSSR count). The molecule has 0 aliphatic carbocycles. The van der Waals surface area contributed by atoms with Crippen LogP contribution in [0.15, 0.2) is 63.5 Å². The Hall–Kier alpha value is -2.22. The van der Waals surface area contributed by atoms with Crippen molar-refractivity contribution in [1.29, 1.82) is 0 Å². The lowest BCUT2D eigenvalue weighted by Crippen LogP contribution is -2.20. The molecule has 158 valence electrons. The number of hydrogen-bond donors (Lipinski definition) is 2. The molecule has 0 atom stereocenters. The number of anilines is 2. The Morgan fingerprint density at radius 3 is 2.29 bits per heavy atom. The zero-order chi connectivity index (χ0) is 22.1. The van der Waals surface area contributed by atoms with E-state index in [4.69, 9.17) is 4.98 Å². The van der Waals surface area contributed by atoms with Gasteiger partial charge in [-0.05, 0) is 104 Å². The number of hydrogen-bond acceptors (Lipinski definition) is 3. The highest BCUT2D eigenvalue weighted by Crippen LogP contribution is 2.35. The number of thiazole rings is 1. The average molecular weight is 559 g/mol. The van der Waals surface area contributed by atoms with Gasteiger partial charge in [-0.3, -0.25) is 0 Å². The van der Waals surface area contributed by atoms with Gasteiger partial charge in [0.15, 0.2) is 0 Å². The first-order chi connectivity index (χ1) is 14.8. The summed E-state index contributed by atoms with van der Waals surface area (Å²) < 4.78 is 2.85. The van der Waals surface area contributed by atoms with E-state index >= 15 is 0 Å². The van der Waals surface area contributed by atoms with Crippen molar-refractivity contribution in [3.05, 3.63) is 74.7 Å². The monoisotopic (exact) mass is 557 g/mol. The number of nitrogens with one attached hydrogen (secondary N) is 2. The van der Waals surface area contributed by atoms with Crippen LogP contribution in [0.4, 0.5) is 16.2 Å². The minimum atomic E-state index is -0.304. The largest absolute Gasteiger partial charge is 0.323 e. The number of carbonyl (C=O) groups is 1. The maximum absolute atomic E-state index is 12.5. The molecule has 2 N–H and O–H groups in total. The molecule has 4 aromatic rings. The summed E-state index contributed by atoms with van der Waals surface area (Å²) >= 11 is 8.78. The molecule has 0 radical (unpaired) electrons. The number of benzene rings is 3. The maximum atomic E-state index is 12.5. The molecule has 0 saturated carbocycles. The van der Waals surface area contributed by atoms with Crippen LogP contribution < -0.4 is 10.6 Å². The third-order valence-corrected chi connectivity index (χ3v) is 7.22. The fraction of sp³-hybridized carbons (Fsp3) is 0.167. The zero-order valence-corrected chi connectivity index (χ0v) is 21.3. The summed E-state index contributed by atoms with van der Waals surface area (Å²) in [7, 11) is 0. The molecule has 4 nitrogen and oxygen atoms in total. The molecule has 7 heteroatoms. The number of urea groups is 1. The molecule has 31 heavy (non-hydrogen) atoms. The number of rotatable bonds is 4. The lowest BCUT2D eigenvalue weighted by molar-refractivity contribution is 0.262. The second kappa shape index (κ2) is 9.10. The number of halogens is 2. The minimum Gasteiger partial charge on any atom is -0.308 e. The van der Waals surface area contributed by atoms with Gasteiger partial charge in [-0.25, -0.2) is 9.78 Å². The summed E-state index contributed by atoms with van der Waals surface area (Å²) in [4.78, 5) is 17.3. The molecule has 3 aromatic carbocycles. The van der Waals surface area contributed by atoms with Gasteiger partial charge in [0.05, 0.1) is 15.9 Å². The van der Waals surface area contributed by atoms with Crippen LogP contribution in [-0.4, -0.2) is 11.0 Å². The van der Waals surface area contributed by atoms with E-state index in [1.807, 2.05) is 36.4 Å². The Balaban J connectivity index is 1.47. The molecule has 0 aliphatic rings. The van der Waals surface area contributed by atoms with Crippen molar-refractivity contribution in [3.63, 3.8) is 0 Å². The topological polar surface area (TPSA) is 54.0 Å². The van der Waals surface area contributed by atoms with Crippen LogP contribution in [0.2, 0.25) is 0 Å². The number of fused-ring (bicyclic) bond motifs is 1. The van der Waals surface area contributed by atoms with Crippen molar-refractivity contribution in [2.75, 3.05) is 10.6 Å². The van der Waals surface area contributed by atoms with Gasteiger partial charge in [0.1, 0.15) is 5.01 Å². The van der Waals surface area contributed by atoms with Crippen LogP contribution in [0.25, 0.3) is 20.8 Å². The molecule has 0 aliphatic heterocycles. The first kappa shape index (κ1) is 22.0. The number of aryl methyl sites for hydroxylation is 1. The van der Waals surface area contributed by atoms with Gasteiger partial charge in [-0.15, -0.1) is 11.3 Å². The first-order valence-corrected chi connectivity index (χ1v) is 12.2. The molecule has 0 saturated heterocycles. The lowest BCUT2D eigenvalue weighted by atomic mass is 10.0. The van der Waals surface area contributed by atoms with Crippen LogP contribution in [0.3, 0.4) is 0 Å². The Morgan fingerprint density at radius 1 is 0.968 bits per heavy atom. The number of carbonyl (C=O) groups excluding carboxylic acids is 1. The predicted molar refractivity (Wildman–Crippen MR) is 138 cm³/mol. The molecule has 1 aromatic heterocycles. The van der Waals surface area contributed by atoms with E-state index in [1.165, 1.54) is 15.8 Å². The average Bonchev–Trinajstić information content (AvgIpc) is 3.14. The third kappa shape index (κ3) is 5.00. The van der Waals surface area contributed by atoms with E-state index < -0.39 is 0 Å². The van der Waals surface area contributed by atoms with Crippen LogP contribution in [0.5, 0.6) is 0 Å². The molecule has 1 heterocycles. The van der Waals surface area contributed by atoms with Gasteiger partial charge in [0.25, 0.3) is 0 Å². The number of amides is 2. The highest BCUT2D eigenvalue weighted by molar-refractivity contribution is 9.11. The van der Waals surface area contributed by atoms with Crippen LogP contribution in [-0.2, 0) is 0 Å². The third-order valence-electron chi connectivity index (χ3n) is 4.90. The van der Waals surface area contributed by atoms with E-state index in [0.29, 0.717) is 17.3 Å². The molecule has 2 amide bonds. The van der Waals surface area contributed by atoms with Crippen LogP contribution in [0.1, 0.15) is 30.9 Å². The number of aromatic nitrogens is 1. The van der Waals surface area contributed by atoms with Crippen LogP contribution >= 0.6 is 43.2 Å². The fourth-order valence-electron chi connectivity index (χ4n) is 3.17. The van der Waals surface area contributed by atoms with E-state index in [0.717, 1.165) is 25.0 Å². The Bertz CT molecular complexity index is 1240. The van der Waals surface area contributed by atoms with Gasteiger partial charge in [0.2, 0.25) is 0 Å². The Kier molecular flexibility index (Phi) is 6.46. The second-order valence-electron chi connectivity index (χ2n) is 7.66. The minimum absolute atomic E-state index is 0.304. The highest BCUT2D eigenvalue weighted by atomic mass is 79.9. The Morgan fingerprint density at radius 2 is 1.65 bits per heavy atom. The number of nitrogens with zero attached hydrogens (tertiary/aromatic N) is 1. The fourth-order valence-corrected chi connectivity index (χ4v) is 5.66. The summed E-state index contributed by atoms with van der Waals surface area (Å²) in [5, 5.41) is 6.76. The normalized spacial score (nSPS) is 11.2. The van der Waals surface area contributed by atoms with Crippen molar-refractivity contribution in [3.8, 4) is 10.6 Å². The van der Waals surface area contributed by atoms with E-state index in [9.17, 15) is 4.79 Å². The molecule has 0 unspecified atom stereocenters. The lowest BCUT2D eigenvalue weighted by Gasteiger charge is -2.14. The molecule has 0 spiro atoms. The maximum Gasteiger partial charge on any atom is 0.323 e. The van der Waals surface area contributed by atoms with Crippen molar-refractivity contribution < 1.29 is 4.79 Å². The van der Waals surface area contributed by atoms with Gasteiger partial charge < -0.3 is 10.6 Å². The zero-order valence-electron chi connectivity index (χ0n) is 17.3. The van der Waals surface area contributed by atoms with Gasteiger partial charge in [-0.2, -0.15) is 0 Å². The SMILES string of the molecule is Cc1ccc2nc(-c3ccc(NC(=O)Nc4c(Br)cc(C(C)C)cc4Br)cc3)sc2c1. The van der Waals surface area contributed by atoms with Gasteiger partial charge in [-0.1, -0.05) is 19.9 Å². The summed E-state index contributed by atoms with van der Waals surface area (Å²) in [5.41, 5.74) is 5.86. The summed E-state index contributed by atoms with van der Waals surface area (Å²) in [6, 6.07) is 17.8. The smallest absolute Gasteiger partial charge is 0.308 e. The van der Waals surface area contributed by atoms with Crippen molar-refractivity contribution in [2.24, 2.45) is 0 Å². The summed E-state index contributed by atoms with van der Waals surface area (Å²) in [6.45, 7) is 6.35. The standard InChI is InChI=1S/C24H21Br2N3OS/c1-13(2)16-11-18(25)22(19(26)12-16)29-24(30)27-17-7-5-15(6-8-17)23-28-20-9-4-14(3)10-21(20)31-23/h4-13H,1-3H3,(H2,27,29,30). The van der Waals surface area contributed by atoms with E-state index in [2.05, 4.69) is 81.5 Å². The second-order valence-corrected chi connectivity index (χ2v) is 10.4. The molecular weight excluding hydrogens is 538 g/mol. The first-order valence-electron chi connectivity index (χ1n) is 9.85. The molecule has 0 fully saturated rings. The molecular formula is C24H21Br2N3OS. The summed E-state index contributed by atoms with van der Waals surface area (Å²) in [5.74, 6) is 0.397. The van der Waals surface area contributed by atoms with Crippen LogP contribution in [0, 0.1) is 6.92 Å². The van der Waals surface area contributed by atoms with Crippen molar-refractivity contribution in [1.82, 2.24) is 4.98 Å². The predicted octanol–water partition coefficient (Wildman–Crippen LogP) is 8.56.